The van der Waals surface area contributed by atoms with E-state index in [0.29, 0.717) is 17.5 Å². The van der Waals surface area contributed by atoms with E-state index in [1.807, 2.05) is 35.7 Å². The molecule has 0 bridgehead atoms. The zero-order chi connectivity index (χ0) is 21.8. The molecule has 2 heterocycles. The Morgan fingerprint density at radius 1 is 1.19 bits per heavy atom. The van der Waals surface area contributed by atoms with Crippen LogP contribution in [-0.2, 0) is 6.54 Å². The molecule has 1 aromatic heterocycles. The van der Waals surface area contributed by atoms with Crippen LogP contribution in [0.3, 0.4) is 0 Å². The first-order valence-electron chi connectivity index (χ1n) is 10.6. The van der Waals surface area contributed by atoms with Gasteiger partial charge in [0, 0.05) is 50.0 Å². The Morgan fingerprint density at radius 2 is 1.97 bits per heavy atom. The highest BCUT2D eigenvalue weighted by molar-refractivity contribution is 7.12. The number of hydrogen-bond acceptors (Lipinski definition) is 4. The number of likely N-dealkylation sites (tertiary alicyclic amines) is 1. The number of nitrogens with zero attached hydrogens (tertiary/aromatic N) is 2. The van der Waals surface area contributed by atoms with E-state index < -0.39 is 0 Å². The van der Waals surface area contributed by atoms with Crippen molar-refractivity contribution in [3.8, 4) is 11.1 Å². The second kappa shape index (κ2) is 9.86. The molecule has 1 atom stereocenters. The summed E-state index contributed by atoms with van der Waals surface area (Å²) in [6, 6.07) is 18.4. The molecular formula is C25H28ClN3OS. The van der Waals surface area contributed by atoms with E-state index in [1.54, 1.807) is 0 Å². The molecule has 2 aromatic carbocycles. The lowest BCUT2D eigenvalue weighted by Crippen LogP contribution is -2.30. The minimum atomic E-state index is 0.000952. The largest absolute Gasteiger partial charge is 0.378 e. The van der Waals surface area contributed by atoms with Crippen LogP contribution >= 0.6 is 22.9 Å². The third kappa shape index (κ3) is 5.48. The predicted molar refractivity (Wildman–Crippen MR) is 131 cm³/mol. The normalized spacial score (nSPS) is 16.4. The Kier molecular flexibility index (Phi) is 6.96. The Balaban J connectivity index is 1.26. The third-order valence-electron chi connectivity index (χ3n) is 5.79. The molecule has 4 nitrogen and oxygen atoms in total. The lowest BCUT2D eigenvalue weighted by atomic mass is 10.1. The number of thiophene rings is 1. The lowest BCUT2D eigenvalue weighted by Gasteiger charge is -2.18. The Hall–Kier alpha value is -2.34. The molecular weight excluding hydrogens is 426 g/mol. The van der Waals surface area contributed by atoms with Gasteiger partial charge in [-0.2, -0.15) is 0 Å². The first kappa shape index (κ1) is 21.9. The van der Waals surface area contributed by atoms with Gasteiger partial charge in [0.25, 0.3) is 5.91 Å². The van der Waals surface area contributed by atoms with E-state index in [1.165, 1.54) is 22.6 Å². The van der Waals surface area contributed by atoms with Gasteiger partial charge in [-0.05, 0) is 59.7 Å². The number of rotatable bonds is 7. The molecule has 31 heavy (non-hydrogen) atoms. The Morgan fingerprint density at radius 3 is 2.71 bits per heavy atom. The molecule has 0 radical (unpaired) electrons. The van der Waals surface area contributed by atoms with Crippen molar-refractivity contribution in [3.63, 3.8) is 0 Å². The van der Waals surface area contributed by atoms with Crippen LogP contribution in [0.15, 0.2) is 60.0 Å². The molecule has 1 fully saturated rings. The molecule has 6 heteroatoms. The molecule has 4 rings (SSSR count). The van der Waals surface area contributed by atoms with Crippen LogP contribution < -0.4 is 10.2 Å². The van der Waals surface area contributed by atoms with Gasteiger partial charge in [0.05, 0.1) is 4.88 Å². The maximum atomic E-state index is 12.6. The predicted octanol–water partition coefficient (Wildman–Crippen LogP) is 5.39. The highest BCUT2D eigenvalue weighted by Gasteiger charge is 2.23. The van der Waals surface area contributed by atoms with Gasteiger partial charge in [-0.15, -0.1) is 11.3 Å². The van der Waals surface area contributed by atoms with Gasteiger partial charge in [0.1, 0.15) is 0 Å². The minimum absolute atomic E-state index is 0.000952. The van der Waals surface area contributed by atoms with Gasteiger partial charge < -0.3 is 10.2 Å². The van der Waals surface area contributed by atoms with Crippen LogP contribution in [0.2, 0.25) is 5.02 Å². The molecule has 1 aliphatic heterocycles. The third-order valence-corrected chi connectivity index (χ3v) is 7.05. The van der Waals surface area contributed by atoms with Gasteiger partial charge >= 0.3 is 0 Å². The number of anilines is 1. The summed E-state index contributed by atoms with van der Waals surface area (Å²) < 4.78 is 0. The molecule has 3 aromatic rings. The van der Waals surface area contributed by atoms with E-state index in [2.05, 4.69) is 53.5 Å². The molecule has 0 saturated carbocycles. The number of carbonyl (C=O) groups is 1. The fourth-order valence-corrected chi connectivity index (χ4v) is 5.06. The molecule has 0 aliphatic carbocycles. The van der Waals surface area contributed by atoms with Crippen molar-refractivity contribution in [1.82, 2.24) is 10.2 Å². The topological polar surface area (TPSA) is 35.6 Å². The van der Waals surface area contributed by atoms with Crippen molar-refractivity contribution < 1.29 is 4.79 Å². The maximum Gasteiger partial charge on any atom is 0.261 e. The fourth-order valence-electron chi connectivity index (χ4n) is 4.00. The van der Waals surface area contributed by atoms with Crippen molar-refractivity contribution in [2.45, 2.75) is 13.0 Å². The molecule has 1 unspecified atom stereocenters. The molecule has 1 saturated heterocycles. The molecule has 0 spiro atoms. The monoisotopic (exact) mass is 453 g/mol. The minimum Gasteiger partial charge on any atom is -0.378 e. The highest BCUT2D eigenvalue weighted by atomic mass is 35.5. The van der Waals surface area contributed by atoms with Crippen molar-refractivity contribution >= 4 is 34.5 Å². The number of amides is 1. The number of carbonyl (C=O) groups excluding carboxylic acids is 1. The van der Waals surface area contributed by atoms with E-state index in [0.717, 1.165) is 42.1 Å². The Labute approximate surface area is 193 Å². The quantitative estimate of drug-likeness (QED) is 0.521. The summed E-state index contributed by atoms with van der Waals surface area (Å²) in [4.78, 5) is 18.0. The second-order valence-electron chi connectivity index (χ2n) is 8.34. The van der Waals surface area contributed by atoms with Crippen molar-refractivity contribution in [1.29, 1.82) is 0 Å². The zero-order valence-electron chi connectivity index (χ0n) is 18.0. The van der Waals surface area contributed by atoms with E-state index >= 15 is 0 Å². The standard InChI is InChI=1S/C25H28ClN3OS/c1-28(2)21-9-7-18(8-10-21)15-29-12-11-19(16-29)14-27-25(30)24-13-20(17-31-24)22-5-3-4-6-23(22)26/h3-10,13,17,19H,11-12,14-16H2,1-2H3,(H,27,30). The van der Waals surface area contributed by atoms with Crippen LogP contribution in [0.1, 0.15) is 21.7 Å². The van der Waals surface area contributed by atoms with Gasteiger partial charge in [0.2, 0.25) is 0 Å². The van der Waals surface area contributed by atoms with Gasteiger partial charge in [0.15, 0.2) is 0 Å². The summed E-state index contributed by atoms with van der Waals surface area (Å²) in [6.45, 7) is 3.77. The molecule has 1 N–H and O–H groups in total. The summed E-state index contributed by atoms with van der Waals surface area (Å²) in [5.74, 6) is 0.494. The number of nitrogens with one attached hydrogen (secondary N) is 1. The van der Waals surface area contributed by atoms with Gasteiger partial charge in [-0.25, -0.2) is 0 Å². The van der Waals surface area contributed by atoms with Crippen molar-refractivity contribution in [2.24, 2.45) is 5.92 Å². The number of benzene rings is 2. The summed E-state index contributed by atoms with van der Waals surface area (Å²) in [5, 5.41) is 5.83. The smallest absolute Gasteiger partial charge is 0.261 e. The molecule has 162 valence electrons. The first-order valence-corrected chi connectivity index (χ1v) is 11.9. The van der Waals surface area contributed by atoms with E-state index in [4.69, 9.17) is 11.6 Å². The summed E-state index contributed by atoms with van der Waals surface area (Å²) in [6.07, 6.45) is 1.12. The average Bonchev–Trinajstić information content (AvgIpc) is 3.43. The fraction of sp³-hybridized carbons (Fsp3) is 0.320. The van der Waals surface area contributed by atoms with E-state index in [9.17, 15) is 4.79 Å². The Bertz CT molecular complexity index is 1030. The maximum absolute atomic E-state index is 12.6. The molecule has 1 amide bonds. The summed E-state index contributed by atoms with van der Waals surface area (Å²) in [7, 11) is 4.12. The second-order valence-corrected chi connectivity index (χ2v) is 9.66. The van der Waals surface area contributed by atoms with Crippen molar-refractivity contribution in [2.75, 3.05) is 38.6 Å². The SMILES string of the molecule is CN(C)c1ccc(CN2CCC(CNC(=O)c3cc(-c4ccccc4Cl)cs3)C2)cc1. The zero-order valence-corrected chi connectivity index (χ0v) is 19.5. The highest BCUT2D eigenvalue weighted by Crippen LogP contribution is 2.31. The average molecular weight is 454 g/mol. The van der Waals surface area contributed by atoms with Crippen LogP contribution in [0.25, 0.3) is 11.1 Å². The number of hydrogen-bond donors (Lipinski definition) is 1. The first-order chi connectivity index (χ1) is 15.0. The van der Waals surface area contributed by atoms with Crippen molar-refractivity contribution in [3.05, 3.63) is 75.4 Å². The van der Waals surface area contributed by atoms with Crippen LogP contribution in [0.4, 0.5) is 5.69 Å². The van der Waals surface area contributed by atoms with E-state index in [-0.39, 0.29) is 5.91 Å². The van der Waals surface area contributed by atoms with Gasteiger partial charge in [-0.1, -0.05) is 41.9 Å². The molecule has 1 aliphatic rings. The van der Waals surface area contributed by atoms with Crippen LogP contribution in [0, 0.1) is 5.92 Å². The van der Waals surface area contributed by atoms with Gasteiger partial charge in [-0.3, -0.25) is 9.69 Å². The number of halogens is 1. The summed E-state index contributed by atoms with van der Waals surface area (Å²) in [5.41, 5.74) is 4.51. The van der Waals surface area contributed by atoms with Crippen LogP contribution in [0.5, 0.6) is 0 Å². The van der Waals surface area contributed by atoms with Crippen LogP contribution in [-0.4, -0.2) is 44.5 Å². The summed E-state index contributed by atoms with van der Waals surface area (Å²) >= 11 is 7.75. The lowest BCUT2D eigenvalue weighted by molar-refractivity contribution is 0.0951.